The predicted molar refractivity (Wildman–Crippen MR) is 120 cm³/mol. The molecule has 7 nitrogen and oxygen atoms in total. The van der Waals surface area contributed by atoms with Crippen LogP contribution in [0.3, 0.4) is 0 Å². The maximum Gasteiger partial charge on any atom is 0.274 e. The lowest BCUT2D eigenvalue weighted by Crippen LogP contribution is -2.48. The Bertz CT molecular complexity index is 1030. The van der Waals surface area contributed by atoms with E-state index in [1.54, 1.807) is 11.3 Å². The van der Waals surface area contributed by atoms with Gasteiger partial charge in [0.15, 0.2) is 10.7 Å². The van der Waals surface area contributed by atoms with E-state index in [0.29, 0.717) is 24.7 Å². The average molecular weight is 440 g/mol. The van der Waals surface area contributed by atoms with Gasteiger partial charge in [0.1, 0.15) is 0 Å². The Hall–Kier alpha value is -2.29. The quantitative estimate of drug-likeness (QED) is 0.623. The molecule has 0 N–H and O–H groups in total. The van der Waals surface area contributed by atoms with Gasteiger partial charge >= 0.3 is 0 Å². The van der Waals surface area contributed by atoms with Crippen LogP contribution in [-0.4, -0.2) is 68.5 Å². The first kappa shape index (κ1) is 20.6. The highest BCUT2D eigenvalue weighted by Gasteiger charge is 2.31. The first-order chi connectivity index (χ1) is 15.1. The van der Waals surface area contributed by atoms with Crippen LogP contribution < -0.4 is 0 Å². The van der Waals surface area contributed by atoms with E-state index in [-0.39, 0.29) is 18.1 Å². The number of aromatic nitrogens is 3. The third-order valence-electron chi connectivity index (χ3n) is 6.41. The van der Waals surface area contributed by atoms with E-state index in [0.717, 1.165) is 43.1 Å². The SMILES string of the molecule is C[C@@H]1CN(C(=O)c2nc3sccn3c2CN2CCC(c3ccncc3)CC2)C[C@H](C)O1. The number of ether oxygens (including phenoxy) is 1. The Morgan fingerprint density at radius 2 is 1.87 bits per heavy atom. The number of nitrogens with zero attached hydrogens (tertiary/aromatic N) is 5. The van der Waals surface area contributed by atoms with E-state index in [1.807, 2.05) is 42.7 Å². The zero-order valence-electron chi connectivity index (χ0n) is 18.1. The minimum Gasteiger partial charge on any atom is -0.372 e. The van der Waals surface area contributed by atoms with E-state index in [9.17, 15) is 4.79 Å². The summed E-state index contributed by atoms with van der Waals surface area (Å²) in [5, 5.41) is 2.04. The number of imidazole rings is 1. The second-order valence-electron chi connectivity index (χ2n) is 8.76. The Labute approximate surface area is 186 Å². The van der Waals surface area contributed by atoms with Gasteiger partial charge in [-0.15, -0.1) is 11.3 Å². The van der Waals surface area contributed by atoms with E-state index < -0.39 is 0 Å². The first-order valence-corrected chi connectivity index (χ1v) is 12.0. The van der Waals surface area contributed by atoms with Crippen LogP contribution in [0.2, 0.25) is 0 Å². The molecule has 5 rings (SSSR count). The van der Waals surface area contributed by atoms with Crippen LogP contribution in [-0.2, 0) is 11.3 Å². The number of pyridine rings is 1. The molecule has 0 bridgehead atoms. The fourth-order valence-electron chi connectivity index (χ4n) is 4.92. The van der Waals surface area contributed by atoms with Gasteiger partial charge in [-0.05, 0) is 63.4 Å². The minimum absolute atomic E-state index is 0.0274. The van der Waals surface area contributed by atoms with Crippen molar-refractivity contribution in [2.24, 2.45) is 0 Å². The molecule has 5 heterocycles. The van der Waals surface area contributed by atoms with Crippen LogP contribution in [0.5, 0.6) is 0 Å². The second kappa shape index (κ2) is 8.68. The van der Waals surface area contributed by atoms with E-state index in [1.165, 1.54) is 5.56 Å². The number of hydrogen-bond donors (Lipinski definition) is 0. The highest BCUT2D eigenvalue weighted by molar-refractivity contribution is 7.15. The third-order valence-corrected chi connectivity index (χ3v) is 7.17. The summed E-state index contributed by atoms with van der Waals surface area (Å²) in [5.74, 6) is 0.614. The molecule has 2 fully saturated rings. The summed E-state index contributed by atoms with van der Waals surface area (Å²) in [5.41, 5.74) is 2.99. The summed E-state index contributed by atoms with van der Waals surface area (Å²) in [6.45, 7) is 8.06. The van der Waals surface area contributed by atoms with Gasteiger partial charge in [0.05, 0.1) is 17.9 Å². The zero-order valence-corrected chi connectivity index (χ0v) is 18.9. The van der Waals surface area contributed by atoms with Gasteiger partial charge < -0.3 is 9.64 Å². The molecule has 0 unspecified atom stereocenters. The number of carbonyl (C=O) groups is 1. The topological polar surface area (TPSA) is 63.0 Å². The van der Waals surface area contributed by atoms with Crippen molar-refractivity contribution in [1.29, 1.82) is 0 Å². The number of fused-ring (bicyclic) bond motifs is 1. The van der Waals surface area contributed by atoms with Gasteiger partial charge in [0.2, 0.25) is 0 Å². The Balaban J connectivity index is 1.33. The van der Waals surface area contributed by atoms with E-state index in [2.05, 4.69) is 26.4 Å². The first-order valence-electron chi connectivity index (χ1n) is 11.1. The van der Waals surface area contributed by atoms with Crippen molar-refractivity contribution in [3.63, 3.8) is 0 Å². The summed E-state index contributed by atoms with van der Waals surface area (Å²) >= 11 is 1.58. The van der Waals surface area contributed by atoms with Crippen LogP contribution in [0.25, 0.3) is 4.96 Å². The lowest BCUT2D eigenvalue weighted by atomic mass is 9.90. The second-order valence-corrected chi connectivity index (χ2v) is 9.63. The summed E-state index contributed by atoms with van der Waals surface area (Å²) < 4.78 is 7.91. The average Bonchev–Trinajstić information content (AvgIpc) is 3.36. The molecule has 2 saturated heterocycles. The summed E-state index contributed by atoms with van der Waals surface area (Å²) in [7, 11) is 0. The molecule has 2 aliphatic heterocycles. The van der Waals surface area contributed by atoms with Gasteiger partial charge in [-0.25, -0.2) is 4.98 Å². The molecule has 31 heavy (non-hydrogen) atoms. The molecule has 8 heteroatoms. The number of carbonyl (C=O) groups excluding carboxylic acids is 1. The van der Waals surface area contributed by atoms with Crippen LogP contribution in [0.1, 0.15) is 54.4 Å². The van der Waals surface area contributed by atoms with Crippen molar-refractivity contribution in [3.05, 3.63) is 53.1 Å². The smallest absolute Gasteiger partial charge is 0.274 e. The summed E-state index contributed by atoms with van der Waals surface area (Å²) in [6, 6.07) is 4.26. The van der Waals surface area contributed by atoms with Crippen molar-refractivity contribution in [1.82, 2.24) is 24.2 Å². The molecule has 0 radical (unpaired) electrons. The number of thiazole rings is 1. The number of hydrogen-bond acceptors (Lipinski definition) is 6. The molecule has 2 aliphatic rings. The third kappa shape index (κ3) is 4.24. The molecular formula is C23H29N5O2S. The molecule has 1 amide bonds. The van der Waals surface area contributed by atoms with Crippen molar-refractivity contribution in [2.75, 3.05) is 26.2 Å². The predicted octanol–water partition coefficient (Wildman–Crippen LogP) is 3.42. The van der Waals surface area contributed by atoms with Crippen LogP contribution in [0, 0.1) is 0 Å². The Morgan fingerprint density at radius 1 is 1.16 bits per heavy atom. The van der Waals surface area contributed by atoms with Gasteiger partial charge in [-0.1, -0.05) is 0 Å². The lowest BCUT2D eigenvalue weighted by molar-refractivity contribution is -0.0587. The monoisotopic (exact) mass is 439 g/mol. The molecule has 0 aromatic carbocycles. The molecule has 164 valence electrons. The molecule has 0 spiro atoms. The number of morpholine rings is 1. The van der Waals surface area contributed by atoms with Gasteiger partial charge in [-0.3, -0.25) is 19.1 Å². The molecule has 2 atom stereocenters. The summed E-state index contributed by atoms with van der Waals surface area (Å²) in [4.78, 5) is 27.6. The maximum absolute atomic E-state index is 13.4. The normalized spacial score (nSPS) is 23.5. The highest BCUT2D eigenvalue weighted by atomic mass is 32.1. The van der Waals surface area contributed by atoms with Crippen LogP contribution >= 0.6 is 11.3 Å². The standard InChI is InChI=1S/C23H29N5O2S/c1-16-13-27(14-17(2)30-16)22(29)21-20(28-11-12-31-23(28)25-21)15-26-9-5-19(6-10-26)18-3-7-24-8-4-18/h3-4,7-8,11-12,16-17,19H,5-6,9-10,13-15H2,1-2H3/t16-,17+. The van der Waals surface area contributed by atoms with Crippen LogP contribution in [0.4, 0.5) is 0 Å². The number of rotatable bonds is 4. The molecule has 0 aliphatic carbocycles. The number of amides is 1. The molecular weight excluding hydrogens is 410 g/mol. The molecule has 3 aromatic rings. The van der Waals surface area contributed by atoms with Crippen molar-refractivity contribution < 1.29 is 9.53 Å². The highest BCUT2D eigenvalue weighted by Crippen LogP contribution is 2.29. The Kier molecular flexibility index (Phi) is 5.77. The lowest BCUT2D eigenvalue weighted by Gasteiger charge is -2.35. The van der Waals surface area contributed by atoms with Crippen molar-refractivity contribution in [3.8, 4) is 0 Å². The fourth-order valence-corrected chi connectivity index (χ4v) is 5.65. The number of piperidine rings is 1. The van der Waals surface area contributed by atoms with Gasteiger partial charge in [0.25, 0.3) is 5.91 Å². The van der Waals surface area contributed by atoms with E-state index in [4.69, 9.17) is 9.72 Å². The fraction of sp³-hybridized carbons (Fsp3) is 0.522. The number of likely N-dealkylation sites (tertiary alicyclic amines) is 1. The maximum atomic E-state index is 13.4. The largest absolute Gasteiger partial charge is 0.372 e. The van der Waals surface area contributed by atoms with Crippen molar-refractivity contribution >= 4 is 22.2 Å². The summed E-state index contributed by atoms with van der Waals surface area (Å²) in [6.07, 6.45) is 8.14. The van der Waals surface area contributed by atoms with Gasteiger partial charge in [-0.2, -0.15) is 0 Å². The van der Waals surface area contributed by atoms with E-state index >= 15 is 0 Å². The molecule has 0 saturated carbocycles. The van der Waals surface area contributed by atoms with Crippen LogP contribution in [0.15, 0.2) is 36.1 Å². The minimum atomic E-state index is 0.0274. The molecule has 3 aromatic heterocycles. The van der Waals surface area contributed by atoms with Gasteiger partial charge in [0, 0.05) is 43.6 Å². The Morgan fingerprint density at radius 3 is 2.58 bits per heavy atom. The van der Waals surface area contributed by atoms with Crippen molar-refractivity contribution in [2.45, 2.75) is 51.4 Å². The zero-order chi connectivity index (χ0) is 21.4.